The topological polar surface area (TPSA) is 61.4 Å². The van der Waals surface area contributed by atoms with Crippen molar-refractivity contribution in [1.29, 1.82) is 0 Å². The predicted octanol–water partition coefficient (Wildman–Crippen LogP) is 1.18. The molecule has 1 aliphatic heterocycles. The summed E-state index contributed by atoms with van der Waals surface area (Å²) in [4.78, 5) is 24.6. The minimum absolute atomic E-state index is 0.0166. The lowest BCUT2D eigenvalue weighted by atomic mass is 10.1. The molecule has 2 N–H and O–H groups in total. The molecule has 2 amide bonds. The standard InChI is InChI=1S/C15H20FN3O2/c1-3-6-17-8-11-4-5-13(12(16)7-11)19-9-14(20)18-15(21)10(19)2/h4-5,7,10,17H,3,6,8-9H2,1-2H3,(H,18,20,21). The molecule has 0 saturated carbocycles. The summed E-state index contributed by atoms with van der Waals surface area (Å²) < 4.78 is 14.3. The summed E-state index contributed by atoms with van der Waals surface area (Å²) in [6.07, 6.45) is 1.02. The Labute approximate surface area is 123 Å². The van der Waals surface area contributed by atoms with Crippen molar-refractivity contribution in [3.05, 3.63) is 29.6 Å². The molecule has 1 unspecified atom stereocenters. The molecule has 0 spiro atoms. The van der Waals surface area contributed by atoms with E-state index in [2.05, 4.69) is 17.6 Å². The highest BCUT2D eigenvalue weighted by atomic mass is 19.1. The zero-order valence-electron chi connectivity index (χ0n) is 12.3. The monoisotopic (exact) mass is 293 g/mol. The SMILES string of the molecule is CCCNCc1ccc(N2CC(=O)NC(=O)C2C)c(F)c1. The number of benzene rings is 1. The molecule has 21 heavy (non-hydrogen) atoms. The number of nitrogens with zero attached hydrogens (tertiary/aromatic N) is 1. The fourth-order valence-electron chi connectivity index (χ4n) is 2.31. The molecule has 1 heterocycles. The minimum atomic E-state index is -0.568. The Bertz CT molecular complexity index is 548. The van der Waals surface area contributed by atoms with Gasteiger partial charge in [0, 0.05) is 6.54 Å². The molecule has 1 aromatic rings. The number of amides is 2. The van der Waals surface area contributed by atoms with Crippen LogP contribution in [0.3, 0.4) is 0 Å². The first-order valence-electron chi connectivity index (χ1n) is 7.12. The Morgan fingerprint density at radius 2 is 2.19 bits per heavy atom. The molecule has 1 aliphatic rings. The Hall–Kier alpha value is -1.95. The average molecular weight is 293 g/mol. The first-order chi connectivity index (χ1) is 10.0. The second kappa shape index (κ2) is 6.67. The van der Waals surface area contributed by atoms with E-state index in [0.29, 0.717) is 6.54 Å². The van der Waals surface area contributed by atoms with Gasteiger partial charge < -0.3 is 10.2 Å². The van der Waals surface area contributed by atoms with Gasteiger partial charge in [-0.1, -0.05) is 13.0 Å². The smallest absolute Gasteiger partial charge is 0.249 e. The van der Waals surface area contributed by atoms with Gasteiger partial charge >= 0.3 is 0 Å². The van der Waals surface area contributed by atoms with Gasteiger partial charge in [0.05, 0.1) is 12.2 Å². The van der Waals surface area contributed by atoms with E-state index in [0.717, 1.165) is 18.5 Å². The van der Waals surface area contributed by atoms with Crippen LogP contribution in [0.5, 0.6) is 0 Å². The van der Waals surface area contributed by atoms with Gasteiger partial charge in [0.1, 0.15) is 11.9 Å². The van der Waals surface area contributed by atoms with Crippen molar-refractivity contribution in [2.45, 2.75) is 32.9 Å². The van der Waals surface area contributed by atoms with Crippen LogP contribution in [0.4, 0.5) is 10.1 Å². The predicted molar refractivity (Wildman–Crippen MR) is 78.4 cm³/mol. The normalized spacial score (nSPS) is 18.8. The number of rotatable bonds is 5. The average Bonchev–Trinajstić information content (AvgIpc) is 2.44. The van der Waals surface area contributed by atoms with Crippen LogP contribution in [-0.4, -0.2) is 30.9 Å². The highest BCUT2D eigenvalue weighted by Crippen LogP contribution is 2.24. The van der Waals surface area contributed by atoms with Gasteiger partial charge in [-0.2, -0.15) is 0 Å². The molecule has 114 valence electrons. The molecule has 1 fully saturated rings. The van der Waals surface area contributed by atoms with E-state index in [9.17, 15) is 14.0 Å². The number of hydrogen-bond donors (Lipinski definition) is 2. The van der Waals surface area contributed by atoms with Crippen LogP contribution in [0, 0.1) is 5.82 Å². The highest BCUT2D eigenvalue weighted by molar-refractivity contribution is 6.04. The first-order valence-corrected chi connectivity index (χ1v) is 7.12. The van der Waals surface area contributed by atoms with Crippen molar-refractivity contribution in [3.63, 3.8) is 0 Å². The molecule has 0 aliphatic carbocycles. The van der Waals surface area contributed by atoms with Gasteiger partial charge in [-0.3, -0.25) is 14.9 Å². The number of hydrogen-bond acceptors (Lipinski definition) is 4. The van der Waals surface area contributed by atoms with Crippen LogP contribution < -0.4 is 15.5 Å². The molecule has 0 aromatic heterocycles. The van der Waals surface area contributed by atoms with Crippen LogP contribution in [0.15, 0.2) is 18.2 Å². The van der Waals surface area contributed by atoms with Crippen LogP contribution in [0.2, 0.25) is 0 Å². The van der Waals surface area contributed by atoms with E-state index in [1.54, 1.807) is 13.0 Å². The molecule has 6 heteroatoms. The van der Waals surface area contributed by atoms with Gasteiger partial charge in [0.25, 0.3) is 0 Å². The number of nitrogens with one attached hydrogen (secondary N) is 2. The molecule has 1 atom stereocenters. The van der Waals surface area contributed by atoms with Crippen molar-refractivity contribution in [1.82, 2.24) is 10.6 Å². The maximum absolute atomic E-state index is 14.3. The van der Waals surface area contributed by atoms with E-state index in [-0.39, 0.29) is 12.2 Å². The molecule has 1 saturated heterocycles. The molecule has 0 radical (unpaired) electrons. The Morgan fingerprint density at radius 3 is 2.86 bits per heavy atom. The fourth-order valence-corrected chi connectivity index (χ4v) is 2.31. The highest BCUT2D eigenvalue weighted by Gasteiger charge is 2.31. The van der Waals surface area contributed by atoms with Crippen molar-refractivity contribution >= 4 is 17.5 Å². The summed E-state index contributed by atoms with van der Waals surface area (Å²) in [5, 5.41) is 5.44. The number of carbonyl (C=O) groups excluding carboxylic acids is 2. The molecule has 2 rings (SSSR count). The van der Waals surface area contributed by atoms with Gasteiger partial charge in [-0.05, 0) is 37.6 Å². The van der Waals surface area contributed by atoms with Crippen LogP contribution in [0.1, 0.15) is 25.8 Å². The maximum Gasteiger partial charge on any atom is 0.249 e. The largest absolute Gasteiger partial charge is 0.348 e. The summed E-state index contributed by atoms with van der Waals surface area (Å²) >= 11 is 0. The van der Waals surface area contributed by atoms with E-state index in [4.69, 9.17) is 0 Å². The number of imide groups is 1. The maximum atomic E-state index is 14.3. The number of anilines is 1. The summed E-state index contributed by atoms with van der Waals surface area (Å²) in [6.45, 7) is 5.17. The molecule has 0 bridgehead atoms. The number of halogens is 1. The molecule has 1 aromatic carbocycles. The minimum Gasteiger partial charge on any atom is -0.348 e. The summed E-state index contributed by atoms with van der Waals surface area (Å²) in [7, 11) is 0. The zero-order valence-corrected chi connectivity index (χ0v) is 12.3. The van der Waals surface area contributed by atoms with Gasteiger partial charge in [0.15, 0.2) is 0 Å². The lowest BCUT2D eigenvalue weighted by Gasteiger charge is -2.33. The lowest BCUT2D eigenvalue weighted by Crippen LogP contribution is -2.57. The van der Waals surface area contributed by atoms with E-state index < -0.39 is 23.7 Å². The van der Waals surface area contributed by atoms with Crippen molar-refractivity contribution < 1.29 is 14.0 Å². The molecular formula is C15H20FN3O2. The van der Waals surface area contributed by atoms with E-state index >= 15 is 0 Å². The second-order valence-corrected chi connectivity index (χ2v) is 5.18. The fraction of sp³-hybridized carbons (Fsp3) is 0.467. The summed E-state index contributed by atoms with van der Waals surface area (Å²) in [6, 6.07) is 4.31. The van der Waals surface area contributed by atoms with Crippen LogP contribution in [-0.2, 0) is 16.1 Å². The third-order valence-corrected chi connectivity index (χ3v) is 3.50. The third-order valence-electron chi connectivity index (χ3n) is 3.50. The van der Waals surface area contributed by atoms with Crippen LogP contribution in [0.25, 0.3) is 0 Å². The quantitative estimate of drug-likeness (QED) is 0.632. The van der Waals surface area contributed by atoms with Crippen molar-refractivity contribution in [3.8, 4) is 0 Å². The van der Waals surface area contributed by atoms with Gasteiger partial charge in [-0.25, -0.2) is 4.39 Å². The first kappa shape index (κ1) is 15.4. The number of piperazine rings is 1. The third kappa shape index (κ3) is 3.58. The van der Waals surface area contributed by atoms with Gasteiger partial charge in [-0.15, -0.1) is 0 Å². The number of carbonyl (C=O) groups is 2. The summed E-state index contributed by atoms with van der Waals surface area (Å²) in [5.41, 5.74) is 1.12. The van der Waals surface area contributed by atoms with Crippen LogP contribution >= 0.6 is 0 Å². The van der Waals surface area contributed by atoms with E-state index in [1.165, 1.54) is 11.0 Å². The van der Waals surface area contributed by atoms with Crippen molar-refractivity contribution in [2.75, 3.05) is 18.0 Å². The van der Waals surface area contributed by atoms with Gasteiger partial charge in [0.2, 0.25) is 11.8 Å². The Kier molecular flexibility index (Phi) is 4.90. The second-order valence-electron chi connectivity index (χ2n) is 5.18. The van der Waals surface area contributed by atoms with E-state index in [1.807, 2.05) is 6.07 Å². The molecular weight excluding hydrogens is 273 g/mol. The molecule has 5 nitrogen and oxygen atoms in total. The zero-order chi connectivity index (χ0) is 15.4. The Morgan fingerprint density at radius 1 is 1.43 bits per heavy atom. The lowest BCUT2D eigenvalue weighted by molar-refractivity contribution is -0.132. The summed E-state index contributed by atoms with van der Waals surface area (Å²) in [5.74, 6) is -1.23. The van der Waals surface area contributed by atoms with Crippen molar-refractivity contribution in [2.24, 2.45) is 0 Å². The Balaban J connectivity index is 2.16.